The Morgan fingerprint density at radius 3 is 2.22 bits per heavy atom. The Balaban J connectivity index is 1.41. The van der Waals surface area contributed by atoms with Crippen LogP contribution in [0.3, 0.4) is 0 Å². The normalized spacial score (nSPS) is 15.2. The predicted molar refractivity (Wildman–Crippen MR) is 121 cm³/mol. The summed E-state index contributed by atoms with van der Waals surface area (Å²) in [6, 6.07) is 19.3. The zero-order chi connectivity index (χ0) is 22.1. The molecule has 1 N–H and O–H groups in total. The molecule has 32 heavy (non-hydrogen) atoms. The highest BCUT2D eigenvalue weighted by Gasteiger charge is 2.33. The zero-order valence-corrected chi connectivity index (χ0v) is 17.6. The molecule has 0 saturated heterocycles. The third kappa shape index (κ3) is 3.62. The van der Waals surface area contributed by atoms with Gasteiger partial charge in [-0.15, -0.1) is 0 Å². The topological polar surface area (TPSA) is 79.7 Å². The zero-order valence-electron chi connectivity index (χ0n) is 17.6. The third-order valence-electron chi connectivity index (χ3n) is 6.46. The highest BCUT2D eigenvalue weighted by Crippen LogP contribution is 2.44. The molecule has 1 heterocycles. The smallest absolute Gasteiger partial charge is 0.415 e. The molecule has 1 amide bonds. The van der Waals surface area contributed by atoms with Crippen LogP contribution < -0.4 is 4.90 Å². The number of nitrogens with zero attached hydrogens (tertiary/aromatic N) is 2. The van der Waals surface area contributed by atoms with E-state index in [-0.39, 0.29) is 24.1 Å². The van der Waals surface area contributed by atoms with Crippen LogP contribution in [0.25, 0.3) is 11.1 Å². The molecule has 2 aromatic carbocycles. The number of pyridine rings is 1. The molecule has 0 unspecified atom stereocenters. The van der Waals surface area contributed by atoms with Crippen molar-refractivity contribution in [3.63, 3.8) is 0 Å². The number of hydrogen-bond donors (Lipinski definition) is 1. The Hall–Kier alpha value is -3.67. The lowest BCUT2D eigenvalue weighted by molar-refractivity contribution is 0.0696. The SMILES string of the molecule is O=C(O)c1ccnc(N(C(=O)OCC2c3ccccc3-c3ccccc32)C2CCCC2)c1. The number of ether oxygens (including phenoxy) is 1. The summed E-state index contributed by atoms with van der Waals surface area (Å²) in [6.07, 6.45) is 4.70. The molecule has 1 aromatic heterocycles. The number of aromatic carboxylic acids is 1. The molecule has 6 heteroatoms. The second-order valence-electron chi connectivity index (χ2n) is 8.32. The second kappa shape index (κ2) is 8.46. The monoisotopic (exact) mass is 428 g/mol. The Bertz CT molecular complexity index is 1120. The van der Waals surface area contributed by atoms with Crippen LogP contribution in [-0.4, -0.2) is 34.8 Å². The maximum atomic E-state index is 13.3. The number of carboxylic acids is 1. The van der Waals surface area contributed by atoms with E-state index in [1.54, 1.807) is 4.90 Å². The summed E-state index contributed by atoms with van der Waals surface area (Å²) < 4.78 is 5.87. The maximum absolute atomic E-state index is 13.3. The summed E-state index contributed by atoms with van der Waals surface area (Å²) in [4.78, 5) is 30.6. The van der Waals surface area contributed by atoms with E-state index in [4.69, 9.17) is 4.74 Å². The molecule has 0 bridgehead atoms. The van der Waals surface area contributed by atoms with Crippen molar-refractivity contribution in [1.82, 2.24) is 4.98 Å². The van der Waals surface area contributed by atoms with E-state index in [9.17, 15) is 14.7 Å². The average molecular weight is 428 g/mol. The molecule has 1 fully saturated rings. The van der Waals surface area contributed by atoms with Gasteiger partial charge in [-0.25, -0.2) is 14.6 Å². The highest BCUT2D eigenvalue weighted by molar-refractivity contribution is 5.92. The Kier molecular flexibility index (Phi) is 5.35. The van der Waals surface area contributed by atoms with Gasteiger partial charge in [-0.05, 0) is 47.2 Å². The van der Waals surface area contributed by atoms with E-state index in [2.05, 4.69) is 29.2 Å². The van der Waals surface area contributed by atoms with Gasteiger partial charge in [0.2, 0.25) is 0 Å². The van der Waals surface area contributed by atoms with Crippen molar-refractivity contribution >= 4 is 17.9 Å². The molecule has 0 radical (unpaired) electrons. The molecular weight excluding hydrogens is 404 g/mol. The van der Waals surface area contributed by atoms with Crippen molar-refractivity contribution < 1.29 is 19.4 Å². The van der Waals surface area contributed by atoms with Crippen molar-refractivity contribution in [3.8, 4) is 11.1 Å². The van der Waals surface area contributed by atoms with E-state index < -0.39 is 12.1 Å². The van der Waals surface area contributed by atoms with Crippen LogP contribution >= 0.6 is 0 Å². The molecule has 162 valence electrons. The fraction of sp³-hybridized carbons (Fsp3) is 0.269. The van der Waals surface area contributed by atoms with Crippen molar-refractivity contribution in [2.75, 3.05) is 11.5 Å². The molecule has 5 rings (SSSR count). The lowest BCUT2D eigenvalue weighted by atomic mass is 9.98. The third-order valence-corrected chi connectivity index (χ3v) is 6.46. The van der Waals surface area contributed by atoms with Crippen molar-refractivity contribution in [1.29, 1.82) is 0 Å². The first kappa shape index (κ1) is 20.2. The minimum Gasteiger partial charge on any atom is -0.478 e. The van der Waals surface area contributed by atoms with Gasteiger partial charge in [-0.1, -0.05) is 61.4 Å². The standard InChI is InChI=1S/C26H24N2O4/c29-25(30)17-13-14-27-24(15-17)28(18-7-1-2-8-18)26(31)32-16-23-21-11-5-3-9-19(21)20-10-4-6-12-22(20)23/h3-6,9-15,18,23H,1-2,7-8,16H2,(H,29,30). The fourth-order valence-electron chi connectivity index (χ4n) is 4.94. The van der Waals surface area contributed by atoms with E-state index in [1.165, 1.54) is 29.5 Å². The number of hydrogen-bond acceptors (Lipinski definition) is 4. The summed E-state index contributed by atoms with van der Waals surface area (Å²) in [5, 5.41) is 9.37. The van der Waals surface area contributed by atoms with Crippen LogP contribution in [0, 0.1) is 0 Å². The number of carboxylic acid groups (broad SMARTS) is 1. The maximum Gasteiger partial charge on any atom is 0.415 e. The second-order valence-corrected chi connectivity index (χ2v) is 8.32. The van der Waals surface area contributed by atoms with E-state index in [1.807, 2.05) is 24.3 Å². The summed E-state index contributed by atoms with van der Waals surface area (Å²) in [5.41, 5.74) is 4.75. The predicted octanol–water partition coefficient (Wildman–Crippen LogP) is 5.48. The van der Waals surface area contributed by atoms with Gasteiger partial charge in [0, 0.05) is 18.2 Å². The van der Waals surface area contributed by atoms with Crippen LogP contribution in [0.5, 0.6) is 0 Å². The Morgan fingerprint density at radius 2 is 1.59 bits per heavy atom. The number of carbonyl (C=O) groups excluding carboxylic acids is 1. The van der Waals surface area contributed by atoms with Crippen LogP contribution in [0.4, 0.5) is 10.6 Å². The average Bonchev–Trinajstić information content (AvgIpc) is 3.45. The number of anilines is 1. The van der Waals surface area contributed by atoms with Gasteiger partial charge in [0.25, 0.3) is 0 Å². The molecule has 0 aliphatic heterocycles. The fourth-order valence-corrected chi connectivity index (χ4v) is 4.94. The number of fused-ring (bicyclic) bond motifs is 3. The molecule has 2 aliphatic rings. The number of aromatic nitrogens is 1. The van der Waals surface area contributed by atoms with Gasteiger partial charge >= 0.3 is 12.1 Å². The van der Waals surface area contributed by atoms with Crippen LogP contribution in [0.2, 0.25) is 0 Å². The van der Waals surface area contributed by atoms with Gasteiger partial charge in [0.05, 0.1) is 5.56 Å². The first-order valence-electron chi connectivity index (χ1n) is 11.0. The van der Waals surface area contributed by atoms with Gasteiger partial charge < -0.3 is 9.84 Å². The number of rotatable bonds is 5. The van der Waals surface area contributed by atoms with E-state index in [0.717, 1.165) is 36.8 Å². The van der Waals surface area contributed by atoms with Crippen molar-refractivity contribution in [2.45, 2.75) is 37.6 Å². The molecular formula is C26H24N2O4. The van der Waals surface area contributed by atoms with Gasteiger partial charge in [-0.3, -0.25) is 4.90 Å². The Labute approximate surface area is 186 Å². The highest BCUT2D eigenvalue weighted by atomic mass is 16.6. The van der Waals surface area contributed by atoms with E-state index >= 15 is 0 Å². The summed E-state index contributed by atoms with van der Waals surface area (Å²) in [6.45, 7) is 0.217. The molecule has 6 nitrogen and oxygen atoms in total. The minimum absolute atomic E-state index is 0.0323. The molecule has 2 aliphatic carbocycles. The van der Waals surface area contributed by atoms with Crippen molar-refractivity contribution in [2.24, 2.45) is 0 Å². The lowest BCUT2D eigenvalue weighted by Crippen LogP contribution is -2.40. The summed E-state index contributed by atoms with van der Waals surface area (Å²) in [5.74, 6) is -0.753. The number of benzene rings is 2. The number of carbonyl (C=O) groups is 2. The molecule has 0 atom stereocenters. The number of amides is 1. The minimum atomic E-state index is -1.05. The summed E-state index contributed by atoms with van der Waals surface area (Å²) in [7, 11) is 0. The van der Waals surface area contributed by atoms with Gasteiger partial charge in [0.15, 0.2) is 0 Å². The first-order valence-corrected chi connectivity index (χ1v) is 11.0. The van der Waals surface area contributed by atoms with Crippen molar-refractivity contribution in [3.05, 3.63) is 83.6 Å². The van der Waals surface area contributed by atoms with Crippen LogP contribution in [0.15, 0.2) is 66.9 Å². The Morgan fingerprint density at radius 1 is 0.969 bits per heavy atom. The van der Waals surface area contributed by atoms with E-state index in [0.29, 0.717) is 5.82 Å². The van der Waals surface area contributed by atoms with Crippen LogP contribution in [-0.2, 0) is 4.74 Å². The first-order chi connectivity index (χ1) is 15.6. The van der Waals surface area contributed by atoms with Gasteiger partial charge in [0.1, 0.15) is 12.4 Å². The van der Waals surface area contributed by atoms with Crippen LogP contribution in [0.1, 0.15) is 53.1 Å². The lowest BCUT2D eigenvalue weighted by Gasteiger charge is -2.28. The molecule has 3 aromatic rings. The quantitative estimate of drug-likeness (QED) is 0.582. The molecule has 0 spiro atoms. The summed E-state index contributed by atoms with van der Waals surface area (Å²) >= 11 is 0. The molecule has 1 saturated carbocycles. The largest absolute Gasteiger partial charge is 0.478 e. The van der Waals surface area contributed by atoms with Gasteiger partial charge in [-0.2, -0.15) is 0 Å².